The van der Waals surface area contributed by atoms with Gasteiger partial charge in [-0.3, -0.25) is 0 Å². The minimum absolute atomic E-state index is 0.0226. The topological polar surface area (TPSA) is 26.0 Å². The smallest absolute Gasteiger partial charge is 0.0449 e. The third-order valence-corrected chi connectivity index (χ3v) is 3.80. The molecule has 1 nitrogen and oxygen atoms in total. The van der Waals surface area contributed by atoms with E-state index in [1.807, 2.05) is 26.8 Å². The van der Waals surface area contributed by atoms with Crippen molar-refractivity contribution in [2.45, 2.75) is 26.8 Å². The summed E-state index contributed by atoms with van der Waals surface area (Å²) < 4.78 is 1.06. The molecule has 1 rings (SSSR count). The van der Waals surface area contributed by atoms with Crippen LogP contribution in [-0.2, 0) is 0 Å². The lowest BCUT2D eigenvalue weighted by atomic mass is 10.0. The third kappa shape index (κ3) is 2.06. The highest BCUT2D eigenvalue weighted by molar-refractivity contribution is 9.10. The monoisotopic (exact) mass is 261 g/mol. The molecule has 13 heavy (non-hydrogen) atoms. The SMILES string of the molecule is Cc1c(Cl)cc(C(C)N)c(C)c1Br. The van der Waals surface area contributed by atoms with Gasteiger partial charge >= 0.3 is 0 Å². The van der Waals surface area contributed by atoms with Crippen LogP contribution in [0, 0.1) is 13.8 Å². The molecule has 72 valence electrons. The number of hydrogen-bond acceptors (Lipinski definition) is 1. The van der Waals surface area contributed by atoms with Crippen molar-refractivity contribution in [2.24, 2.45) is 5.73 Å². The molecule has 0 amide bonds. The molecule has 0 aliphatic rings. The summed E-state index contributed by atoms with van der Waals surface area (Å²) in [6, 6.07) is 1.97. The summed E-state index contributed by atoms with van der Waals surface area (Å²) in [5, 5.41) is 0.768. The molecule has 0 fully saturated rings. The average Bonchev–Trinajstić information content (AvgIpc) is 2.07. The standard InChI is InChI=1S/C10H13BrClN/c1-5-8(7(3)13)4-9(12)6(2)10(5)11/h4,7H,13H2,1-3H3. The van der Waals surface area contributed by atoms with Crippen LogP contribution in [0.5, 0.6) is 0 Å². The fourth-order valence-corrected chi connectivity index (χ4v) is 2.11. The first-order valence-electron chi connectivity index (χ1n) is 4.15. The zero-order valence-corrected chi connectivity index (χ0v) is 10.3. The van der Waals surface area contributed by atoms with Crippen molar-refractivity contribution in [1.82, 2.24) is 0 Å². The Hall–Kier alpha value is -0.0500. The second-order valence-electron chi connectivity index (χ2n) is 3.30. The van der Waals surface area contributed by atoms with Crippen LogP contribution in [-0.4, -0.2) is 0 Å². The van der Waals surface area contributed by atoms with Gasteiger partial charge in [0.25, 0.3) is 0 Å². The van der Waals surface area contributed by atoms with Crippen LogP contribution in [0.4, 0.5) is 0 Å². The van der Waals surface area contributed by atoms with Crippen molar-refractivity contribution in [3.8, 4) is 0 Å². The molecule has 0 radical (unpaired) electrons. The van der Waals surface area contributed by atoms with Crippen molar-refractivity contribution in [2.75, 3.05) is 0 Å². The van der Waals surface area contributed by atoms with Crippen LogP contribution < -0.4 is 5.73 Å². The number of halogens is 2. The highest BCUT2D eigenvalue weighted by Gasteiger charge is 2.11. The lowest BCUT2D eigenvalue weighted by Gasteiger charge is -2.14. The molecule has 1 unspecified atom stereocenters. The van der Waals surface area contributed by atoms with Crippen LogP contribution >= 0.6 is 27.5 Å². The molecule has 3 heteroatoms. The third-order valence-electron chi connectivity index (χ3n) is 2.22. The normalized spacial score (nSPS) is 13.1. The van der Waals surface area contributed by atoms with Crippen LogP contribution in [0.2, 0.25) is 5.02 Å². The van der Waals surface area contributed by atoms with Crippen molar-refractivity contribution >= 4 is 27.5 Å². The predicted octanol–water partition coefficient (Wildman–Crippen LogP) is 3.74. The number of hydrogen-bond donors (Lipinski definition) is 1. The summed E-state index contributed by atoms with van der Waals surface area (Å²) in [6.45, 7) is 6.00. The zero-order chi connectivity index (χ0) is 10.2. The van der Waals surface area contributed by atoms with Gasteiger partial charge in [0.15, 0.2) is 0 Å². The van der Waals surface area contributed by atoms with Gasteiger partial charge in [-0.1, -0.05) is 27.5 Å². The Labute approximate surface area is 92.4 Å². The Bertz CT molecular complexity index is 334. The van der Waals surface area contributed by atoms with E-state index in [9.17, 15) is 0 Å². The molecule has 0 spiro atoms. The van der Waals surface area contributed by atoms with Crippen molar-refractivity contribution < 1.29 is 0 Å². The van der Waals surface area contributed by atoms with E-state index < -0.39 is 0 Å². The maximum Gasteiger partial charge on any atom is 0.0449 e. The van der Waals surface area contributed by atoms with Crippen molar-refractivity contribution in [3.63, 3.8) is 0 Å². The van der Waals surface area contributed by atoms with Gasteiger partial charge in [-0.2, -0.15) is 0 Å². The average molecular weight is 263 g/mol. The van der Waals surface area contributed by atoms with E-state index in [0.29, 0.717) is 0 Å². The lowest BCUT2D eigenvalue weighted by molar-refractivity contribution is 0.808. The van der Waals surface area contributed by atoms with Crippen molar-refractivity contribution in [3.05, 3.63) is 32.3 Å². The molecule has 1 aromatic carbocycles. The Kier molecular flexibility index (Phi) is 3.38. The van der Waals surface area contributed by atoms with Gasteiger partial charge < -0.3 is 5.73 Å². The fourth-order valence-electron chi connectivity index (χ4n) is 1.34. The number of nitrogens with two attached hydrogens (primary N) is 1. The van der Waals surface area contributed by atoms with Crippen molar-refractivity contribution in [1.29, 1.82) is 0 Å². The minimum Gasteiger partial charge on any atom is -0.324 e. The number of rotatable bonds is 1. The number of benzene rings is 1. The fraction of sp³-hybridized carbons (Fsp3) is 0.400. The summed E-state index contributed by atoms with van der Waals surface area (Å²) in [4.78, 5) is 0. The molecule has 1 atom stereocenters. The van der Waals surface area contributed by atoms with E-state index in [1.54, 1.807) is 0 Å². The molecule has 0 bridgehead atoms. The molecule has 0 saturated heterocycles. The lowest BCUT2D eigenvalue weighted by Crippen LogP contribution is -2.07. The largest absolute Gasteiger partial charge is 0.324 e. The van der Waals surface area contributed by atoms with Gasteiger partial charge in [0.1, 0.15) is 0 Å². The summed E-state index contributed by atoms with van der Waals surface area (Å²) in [5.74, 6) is 0. The van der Waals surface area contributed by atoms with Gasteiger partial charge in [-0.05, 0) is 43.5 Å². The van der Waals surface area contributed by atoms with Gasteiger partial charge in [0.05, 0.1) is 0 Å². The van der Waals surface area contributed by atoms with Crippen LogP contribution in [0.25, 0.3) is 0 Å². The molecule has 0 aliphatic carbocycles. The first-order chi connectivity index (χ1) is 5.95. The van der Waals surface area contributed by atoms with E-state index in [4.69, 9.17) is 17.3 Å². The van der Waals surface area contributed by atoms with Crippen LogP contribution in [0.15, 0.2) is 10.5 Å². The molecular formula is C10H13BrClN. The first kappa shape index (κ1) is 11.0. The Morgan fingerprint density at radius 3 is 2.38 bits per heavy atom. The van der Waals surface area contributed by atoms with Crippen LogP contribution in [0.1, 0.15) is 29.7 Å². The maximum absolute atomic E-state index is 6.05. The molecule has 0 aromatic heterocycles. The van der Waals surface area contributed by atoms with E-state index >= 15 is 0 Å². The maximum atomic E-state index is 6.05. The minimum atomic E-state index is 0.0226. The Morgan fingerprint density at radius 1 is 1.38 bits per heavy atom. The zero-order valence-electron chi connectivity index (χ0n) is 7.99. The highest BCUT2D eigenvalue weighted by atomic mass is 79.9. The molecule has 0 heterocycles. The predicted molar refractivity (Wildman–Crippen MR) is 61.2 cm³/mol. The molecule has 0 aliphatic heterocycles. The first-order valence-corrected chi connectivity index (χ1v) is 5.33. The van der Waals surface area contributed by atoms with E-state index in [0.717, 1.165) is 20.6 Å². The van der Waals surface area contributed by atoms with Gasteiger partial charge in [-0.25, -0.2) is 0 Å². The van der Waals surface area contributed by atoms with Gasteiger partial charge in [-0.15, -0.1) is 0 Å². The van der Waals surface area contributed by atoms with Gasteiger partial charge in [0, 0.05) is 15.5 Å². The summed E-state index contributed by atoms with van der Waals surface area (Å²) in [7, 11) is 0. The summed E-state index contributed by atoms with van der Waals surface area (Å²) in [5.41, 5.74) is 9.17. The van der Waals surface area contributed by atoms with E-state index in [-0.39, 0.29) is 6.04 Å². The molecule has 1 aromatic rings. The van der Waals surface area contributed by atoms with Gasteiger partial charge in [0.2, 0.25) is 0 Å². The summed E-state index contributed by atoms with van der Waals surface area (Å²) in [6.07, 6.45) is 0. The Balaban J connectivity index is 3.41. The van der Waals surface area contributed by atoms with E-state index in [1.165, 1.54) is 5.56 Å². The second kappa shape index (κ2) is 3.99. The molecule has 0 saturated carbocycles. The Morgan fingerprint density at radius 2 is 1.92 bits per heavy atom. The second-order valence-corrected chi connectivity index (χ2v) is 4.50. The molecule has 2 N–H and O–H groups in total. The van der Waals surface area contributed by atoms with E-state index in [2.05, 4.69) is 15.9 Å². The molecular weight excluding hydrogens is 249 g/mol. The quantitative estimate of drug-likeness (QED) is 0.820. The highest BCUT2D eigenvalue weighted by Crippen LogP contribution is 2.32. The van der Waals surface area contributed by atoms with Crippen LogP contribution in [0.3, 0.4) is 0 Å². The summed E-state index contributed by atoms with van der Waals surface area (Å²) >= 11 is 9.56.